The highest BCUT2D eigenvalue weighted by molar-refractivity contribution is 5.89. The predicted octanol–water partition coefficient (Wildman–Crippen LogP) is 1.77. The Hall–Kier alpha value is -1.39. The Morgan fingerprint density at radius 3 is 2.82 bits per heavy atom. The maximum atomic E-state index is 11.0. The molecule has 0 spiro atoms. The van der Waals surface area contributed by atoms with Crippen LogP contribution in [-0.2, 0) is 16.1 Å². The van der Waals surface area contributed by atoms with Crippen LogP contribution >= 0.6 is 0 Å². The van der Waals surface area contributed by atoms with Crippen molar-refractivity contribution in [1.82, 2.24) is 5.32 Å². The van der Waals surface area contributed by atoms with Gasteiger partial charge in [-0.3, -0.25) is 4.79 Å². The Balaban J connectivity index is 2.43. The third-order valence-corrected chi connectivity index (χ3v) is 2.35. The first-order valence-electron chi connectivity index (χ1n) is 5.79. The summed E-state index contributed by atoms with van der Waals surface area (Å²) in [6.07, 6.45) is 0.985. The second-order valence-electron chi connectivity index (χ2n) is 3.86. The molecule has 94 valence electrons. The molecule has 0 unspecified atom stereocenters. The van der Waals surface area contributed by atoms with Gasteiger partial charge in [-0.15, -0.1) is 0 Å². The molecule has 0 fully saturated rings. The zero-order chi connectivity index (χ0) is 12.5. The quantitative estimate of drug-likeness (QED) is 0.709. The second-order valence-corrected chi connectivity index (χ2v) is 3.86. The third-order valence-electron chi connectivity index (χ3n) is 2.35. The average molecular weight is 236 g/mol. The summed E-state index contributed by atoms with van der Waals surface area (Å²) in [5, 5.41) is 6.14. The van der Waals surface area contributed by atoms with E-state index in [-0.39, 0.29) is 5.91 Å². The Morgan fingerprint density at radius 1 is 1.35 bits per heavy atom. The van der Waals surface area contributed by atoms with Crippen molar-refractivity contribution in [2.24, 2.45) is 0 Å². The SMILES string of the molecule is COCCCNCc1ccccc1NC(C)=O. The van der Waals surface area contributed by atoms with E-state index >= 15 is 0 Å². The number of nitrogens with one attached hydrogen (secondary N) is 2. The molecule has 0 atom stereocenters. The monoisotopic (exact) mass is 236 g/mol. The number of hydrogen-bond donors (Lipinski definition) is 2. The molecule has 0 bridgehead atoms. The molecule has 2 N–H and O–H groups in total. The molecule has 4 heteroatoms. The summed E-state index contributed by atoms with van der Waals surface area (Å²) >= 11 is 0. The van der Waals surface area contributed by atoms with Gasteiger partial charge in [0.2, 0.25) is 5.91 Å². The Kier molecular flexibility index (Phi) is 6.29. The maximum absolute atomic E-state index is 11.0. The van der Waals surface area contributed by atoms with E-state index in [4.69, 9.17) is 4.74 Å². The van der Waals surface area contributed by atoms with Crippen LogP contribution in [0.2, 0.25) is 0 Å². The van der Waals surface area contributed by atoms with E-state index in [1.165, 1.54) is 6.92 Å². The van der Waals surface area contributed by atoms with Crippen molar-refractivity contribution in [1.29, 1.82) is 0 Å². The van der Waals surface area contributed by atoms with Crippen LogP contribution in [0.3, 0.4) is 0 Å². The fourth-order valence-corrected chi connectivity index (χ4v) is 1.55. The lowest BCUT2D eigenvalue weighted by Crippen LogP contribution is -2.18. The van der Waals surface area contributed by atoms with Gasteiger partial charge in [0.15, 0.2) is 0 Å². The molecule has 0 aliphatic rings. The van der Waals surface area contributed by atoms with Crippen molar-refractivity contribution in [2.75, 3.05) is 25.6 Å². The van der Waals surface area contributed by atoms with Gasteiger partial charge in [0.05, 0.1) is 0 Å². The summed E-state index contributed by atoms with van der Waals surface area (Å²) in [5.74, 6) is -0.0446. The van der Waals surface area contributed by atoms with Gasteiger partial charge < -0.3 is 15.4 Å². The average Bonchev–Trinajstić information content (AvgIpc) is 2.30. The number of para-hydroxylation sites is 1. The zero-order valence-corrected chi connectivity index (χ0v) is 10.5. The number of rotatable bonds is 7. The van der Waals surface area contributed by atoms with Gasteiger partial charge in [0.1, 0.15) is 0 Å². The summed E-state index contributed by atoms with van der Waals surface area (Å²) < 4.78 is 4.97. The van der Waals surface area contributed by atoms with Gasteiger partial charge >= 0.3 is 0 Å². The molecule has 0 aromatic heterocycles. The summed E-state index contributed by atoms with van der Waals surface area (Å²) in [6.45, 7) is 3.94. The van der Waals surface area contributed by atoms with E-state index < -0.39 is 0 Å². The number of hydrogen-bond acceptors (Lipinski definition) is 3. The molecule has 0 saturated heterocycles. The molecule has 0 aliphatic carbocycles. The van der Waals surface area contributed by atoms with E-state index in [1.54, 1.807) is 7.11 Å². The summed E-state index contributed by atoms with van der Waals surface area (Å²) in [6, 6.07) is 7.80. The van der Waals surface area contributed by atoms with E-state index in [0.717, 1.165) is 37.4 Å². The first kappa shape index (κ1) is 13.7. The van der Waals surface area contributed by atoms with Crippen molar-refractivity contribution in [3.05, 3.63) is 29.8 Å². The number of anilines is 1. The van der Waals surface area contributed by atoms with Crippen molar-refractivity contribution in [3.63, 3.8) is 0 Å². The van der Waals surface area contributed by atoms with Crippen LogP contribution in [0.25, 0.3) is 0 Å². The molecule has 17 heavy (non-hydrogen) atoms. The molecule has 0 heterocycles. The van der Waals surface area contributed by atoms with Crippen LogP contribution in [-0.4, -0.2) is 26.2 Å². The smallest absolute Gasteiger partial charge is 0.221 e. The molecular formula is C13H20N2O2. The molecule has 1 rings (SSSR count). The number of benzene rings is 1. The van der Waals surface area contributed by atoms with Crippen molar-refractivity contribution >= 4 is 11.6 Å². The molecule has 0 aliphatic heterocycles. The number of ether oxygens (including phenoxy) is 1. The molecule has 1 amide bonds. The van der Waals surface area contributed by atoms with E-state index in [2.05, 4.69) is 10.6 Å². The fourth-order valence-electron chi connectivity index (χ4n) is 1.55. The van der Waals surface area contributed by atoms with Crippen LogP contribution in [0.4, 0.5) is 5.69 Å². The topological polar surface area (TPSA) is 50.4 Å². The van der Waals surface area contributed by atoms with Crippen LogP contribution in [0.5, 0.6) is 0 Å². The first-order valence-corrected chi connectivity index (χ1v) is 5.79. The van der Waals surface area contributed by atoms with E-state index in [9.17, 15) is 4.79 Å². The molecular weight excluding hydrogens is 216 g/mol. The van der Waals surface area contributed by atoms with Crippen LogP contribution in [0.1, 0.15) is 18.9 Å². The van der Waals surface area contributed by atoms with Gasteiger partial charge in [0, 0.05) is 32.9 Å². The molecule has 1 aromatic rings. The van der Waals surface area contributed by atoms with Gasteiger partial charge in [-0.05, 0) is 24.6 Å². The third kappa shape index (κ3) is 5.47. The minimum atomic E-state index is -0.0446. The van der Waals surface area contributed by atoms with E-state index in [1.807, 2.05) is 24.3 Å². The zero-order valence-electron chi connectivity index (χ0n) is 10.5. The van der Waals surface area contributed by atoms with E-state index in [0.29, 0.717) is 0 Å². The highest BCUT2D eigenvalue weighted by Gasteiger charge is 2.02. The lowest BCUT2D eigenvalue weighted by Gasteiger charge is -2.10. The first-order chi connectivity index (χ1) is 8.24. The molecule has 0 saturated carbocycles. The van der Waals surface area contributed by atoms with Crippen molar-refractivity contribution < 1.29 is 9.53 Å². The molecule has 4 nitrogen and oxygen atoms in total. The number of amides is 1. The van der Waals surface area contributed by atoms with Gasteiger partial charge in [-0.1, -0.05) is 18.2 Å². The highest BCUT2D eigenvalue weighted by atomic mass is 16.5. The summed E-state index contributed by atoms with van der Waals surface area (Å²) in [7, 11) is 1.70. The van der Waals surface area contributed by atoms with Gasteiger partial charge in [-0.2, -0.15) is 0 Å². The predicted molar refractivity (Wildman–Crippen MR) is 68.9 cm³/mol. The Labute approximate surface area is 102 Å². The van der Waals surface area contributed by atoms with Crippen molar-refractivity contribution in [2.45, 2.75) is 19.9 Å². The second kappa shape index (κ2) is 7.81. The minimum absolute atomic E-state index is 0.0446. The maximum Gasteiger partial charge on any atom is 0.221 e. The van der Waals surface area contributed by atoms with Crippen LogP contribution < -0.4 is 10.6 Å². The Bertz CT molecular complexity index is 353. The molecule has 0 radical (unpaired) electrons. The number of carbonyl (C=O) groups is 1. The van der Waals surface area contributed by atoms with Crippen LogP contribution in [0.15, 0.2) is 24.3 Å². The lowest BCUT2D eigenvalue weighted by molar-refractivity contribution is -0.114. The fraction of sp³-hybridized carbons (Fsp3) is 0.462. The highest BCUT2D eigenvalue weighted by Crippen LogP contribution is 2.14. The minimum Gasteiger partial charge on any atom is -0.385 e. The summed E-state index contributed by atoms with van der Waals surface area (Å²) in [4.78, 5) is 11.0. The van der Waals surface area contributed by atoms with Gasteiger partial charge in [0.25, 0.3) is 0 Å². The number of methoxy groups -OCH3 is 1. The number of carbonyl (C=O) groups excluding carboxylic acids is 1. The lowest BCUT2D eigenvalue weighted by atomic mass is 10.1. The molecule has 1 aromatic carbocycles. The van der Waals surface area contributed by atoms with Crippen LogP contribution in [0, 0.1) is 0 Å². The summed E-state index contributed by atoms with van der Waals surface area (Å²) in [5.41, 5.74) is 1.97. The largest absolute Gasteiger partial charge is 0.385 e. The van der Waals surface area contributed by atoms with Crippen molar-refractivity contribution in [3.8, 4) is 0 Å². The normalized spacial score (nSPS) is 10.2. The van der Waals surface area contributed by atoms with Gasteiger partial charge in [-0.25, -0.2) is 0 Å². The Morgan fingerprint density at radius 2 is 2.12 bits per heavy atom. The standard InChI is InChI=1S/C13H20N2O2/c1-11(16)15-13-7-4-3-6-12(13)10-14-8-5-9-17-2/h3-4,6-7,14H,5,8-10H2,1-2H3,(H,15,16).